The molecule has 1 aliphatic carbocycles. The standard InChI is InChI=1S/C16H22BrNO/c1-11(12-6-8-13(17)9-7-12)18-15(19)14-5-4-10-16(14,2)3/h6-9,11,14H,4-5,10H2,1-3H3,(H,18,19). The Morgan fingerprint density at radius 2 is 2.00 bits per heavy atom. The van der Waals surface area contributed by atoms with E-state index in [-0.39, 0.29) is 23.3 Å². The highest BCUT2D eigenvalue weighted by molar-refractivity contribution is 9.10. The van der Waals surface area contributed by atoms with Crippen molar-refractivity contribution in [1.29, 1.82) is 0 Å². The summed E-state index contributed by atoms with van der Waals surface area (Å²) in [5.74, 6) is 0.364. The molecular weight excluding hydrogens is 302 g/mol. The molecule has 2 unspecified atom stereocenters. The highest BCUT2D eigenvalue weighted by Crippen LogP contribution is 2.42. The fourth-order valence-electron chi connectivity index (χ4n) is 2.96. The summed E-state index contributed by atoms with van der Waals surface area (Å²) in [5, 5.41) is 3.16. The van der Waals surface area contributed by atoms with Crippen molar-refractivity contribution in [2.45, 2.75) is 46.1 Å². The molecule has 1 aliphatic rings. The molecule has 3 heteroatoms. The van der Waals surface area contributed by atoms with Crippen molar-refractivity contribution >= 4 is 21.8 Å². The first-order valence-corrected chi connectivity index (χ1v) is 7.75. The van der Waals surface area contributed by atoms with Crippen molar-refractivity contribution in [2.75, 3.05) is 0 Å². The second-order valence-electron chi connectivity index (χ2n) is 6.22. The van der Waals surface area contributed by atoms with Gasteiger partial charge in [0.15, 0.2) is 0 Å². The Morgan fingerprint density at radius 1 is 1.37 bits per heavy atom. The maximum Gasteiger partial charge on any atom is 0.224 e. The number of halogens is 1. The minimum absolute atomic E-state index is 0.0667. The van der Waals surface area contributed by atoms with Crippen LogP contribution in [0.25, 0.3) is 0 Å². The lowest BCUT2D eigenvalue weighted by molar-refractivity contribution is -0.128. The van der Waals surface area contributed by atoms with Crippen LogP contribution in [-0.2, 0) is 4.79 Å². The molecule has 1 N–H and O–H groups in total. The number of rotatable bonds is 3. The summed E-state index contributed by atoms with van der Waals surface area (Å²) in [4.78, 5) is 12.4. The molecule has 0 aromatic heterocycles. The van der Waals surface area contributed by atoms with Crippen LogP contribution in [0.5, 0.6) is 0 Å². The van der Waals surface area contributed by atoms with E-state index in [2.05, 4.69) is 47.2 Å². The zero-order valence-electron chi connectivity index (χ0n) is 11.9. The van der Waals surface area contributed by atoms with Gasteiger partial charge in [0.05, 0.1) is 6.04 Å². The minimum atomic E-state index is 0.0667. The first-order valence-electron chi connectivity index (χ1n) is 6.96. The van der Waals surface area contributed by atoms with Gasteiger partial charge in [-0.1, -0.05) is 48.3 Å². The van der Waals surface area contributed by atoms with Crippen LogP contribution in [0.4, 0.5) is 0 Å². The number of carbonyl (C=O) groups excluding carboxylic acids is 1. The molecule has 19 heavy (non-hydrogen) atoms. The lowest BCUT2D eigenvalue weighted by atomic mass is 9.81. The number of hydrogen-bond donors (Lipinski definition) is 1. The lowest BCUT2D eigenvalue weighted by Crippen LogP contribution is -2.37. The molecule has 0 heterocycles. The van der Waals surface area contributed by atoms with Crippen LogP contribution < -0.4 is 5.32 Å². The van der Waals surface area contributed by atoms with Crippen molar-refractivity contribution in [2.24, 2.45) is 11.3 Å². The lowest BCUT2D eigenvalue weighted by Gasteiger charge is -2.27. The highest BCUT2D eigenvalue weighted by atomic mass is 79.9. The molecule has 0 spiro atoms. The molecule has 0 radical (unpaired) electrons. The van der Waals surface area contributed by atoms with Gasteiger partial charge in [0.2, 0.25) is 5.91 Å². The van der Waals surface area contributed by atoms with Gasteiger partial charge in [-0.3, -0.25) is 4.79 Å². The van der Waals surface area contributed by atoms with E-state index < -0.39 is 0 Å². The van der Waals surface area contributed by atoms with Gasteiger partial charge in [-0.15, -0.1) is 0 Å². The van der Waals surface area contributed by atoms with Crippen LogP contribution in [-0.4, -0.2) is 5.91 Å². The SMILES string of the molecule is CC(NC(=O)C1CCCC1(C)C)c1ccc(Br)cc1. The first kappa shape index (κ1) is 14.6. The second-order valence-corrected chi connectivity index (χ2v) is 7.13. The fraction of sp³-hybridized carbons (Fsp3) is 0.562. The van der Waals surface area contributed by atoms with Crippen LogP contribution in [0.15, 0.2) is 28.7 Å². The number of nitrogens with one attached hydrogen (secondary N) is 1. The molecule has 1 amide bonds. The Balaban J connectivity index is 2.01. The third-order valence-electron chi connectivity index (χ3n) is 4.30. The molecule has 1 aromatic carbocycles. The Bertz CT molecular complexity index is 452. The van der Waals surface area contributed by atoms with E-state index in [1.807, 2.05) is 19.1 Å². The van der Waals surface area contributed by atoms with Crippen LogP contribution in [0.2, 0.25) is 0 Å². The highest BCUT2D eigenvalue weighted by Gasteiger charge is 2.39. The average Bonchev–Trinajstić information content (AvgIpc) is 2.69. The quantitative estimate of drug-likeness (QED) is 0.874. The second kappa shape index (κ2) is 5.66. The Morgan fingerprint density at radius 3 is 2.53 bits per heavy atom. The van der Waals surface area contributed by atoms with Crippen molar-refractivity contribution in [3.05, 3.63) is 34.3 Å². The van der Waals surface area contributed by atoms with Crippen LogP contribution in [0, 0.1) is 11.3 Å². The van der Waals surface area contributed by atoms with Gasteiger partial charge in [0, 0.05) is 10.4 Å². The van der Waals surface area contributed by atoms with Gasteiger partial charge in [0.25, 0.3) is 0 Å². The summed E-state index contributed by atoms with van der Waals surface area (Å²) in [6.07, 6.45) is 3.33. The average molecular weight is 324 g/mol. The summed E-state index contributed by atoms with van der Waals surface area (Å²) < 4.78 is 1.06. The predicted octanol–water partition coefficient (Wildman–Crippen LogP) is 4.45. The number of amides is 1. The van der Waals surface area contributed by atoms with Gasteiger partial charge < -0.3 is 5.32 Å². The molecule has 1 fully saturated rings. The monoisotopic (exact) mass is 323 g/mol. The number of carbonyl (C=O) groups is 1. The third kappa shape index (κ3) is 3.38. The topological polar surface area (TPSA) is 29.1 Å². The van der Waals surface area contributed by atoms with E-state index in [4.69, 9.17) is 0 Å². The molecule has 2 atom stereocenters. The van der Waals surface area contributed by atoms with E-state index in [9.17, 15) is 4.79 Å². The van der Waals surface area contributed by atoms with Gasteiger partial charge in [0.1, 0.15) is 0 Å². The molecular formula is C16H22BrNO. The van der Waals surface area contributed by atoms with Crippen LogP contribution in [0.1, 0.15) is 51.6 Å². The first-order chi connectivity index (χ1) is 8.90. The Labute approximate surface area is 124 Å². The molecule has 1 aromatic rings. The third-order valence-corrected chi connectivity index (χ3v) is 4.83. The summed E-state index contributed by atoms with van der Waals surface area (Å²) >= 11 is 3.43. The van der Waals surface area contributed by atoms with E-state index in [1.165, 1.54) is 0 Å². The fourth-order valence-corrected chi connectivity index (χ4v) is 3.23. The van der Waals surface area contributed by atoms with Gasteiger partial charge >= 0.3 is 0 Å². The number of hydrogen-bond acceptors (Lipinski definition) is 1. The molecule has 0 aliphatic heterocycles. The minimum Gasteiger partial charge on any atom is -0.349 e. The number of benzene rings is 1. The molecule has 0 bridgehead atoms. The molecule has 2 rings (SSSR count). The van der Waals surface area contributed by atoms with Crippen molar-refractivity contribution in [1.82, 2.24) is 5.32 Å². The molecule has 1 saturated carbocycles. The summed E-state index contributed by atoms with van der Waals surface area (Å²) in [7, 11) is 0. The predicted molar refractivity (Wildman–Crippen MR) is 81.8 cm³/mol. The van der Waals surface area contributed by atoms with E-state index >= 15 is 0 Å². The van der Waals surface area contributed by atoms with E-state index in [0.717, 1.165) is 29.3 Å². The van der Waals surface area contributed by atoms with Gasteiger partial charge in [-0.05, 0) is 42.9 Å². The van der Waals surface area contributed by atoms with E-state index in [0.29, 0.717) is 0 Å². The largest absolute Gasteiger partial charge is 0.349 e. The summed E-state index contributed by atoms with van der Waals surface area (Å²) in [5.41, 5.74) is 1.29. The zero-order chi connectivity index (χ0) is 14.0. The molecule has 0 saturated heterocycles. The smallest absolute Gasteiger partial charge is 0.224 e. The molecule has 104 valence electrons. The maximum atomic E-state index is 12.4. The zero-order valence-corrected chi connectivity index (χ0v) is 13.5. The van der Waals surface area contributed by atoms with Gasteiger partial charge in [-0.25, -0.2) is 0 Å². The van der Waals surface area contributed by atoms with Crippen molar-refractivity contribution < 1.29 is 4.79 Å². The van der Waals surface area contributed by atoms with E-state index in [1.54, 1.807) is 0 Å². The maximum absolute atomic E-state index is 12.4. The Hall–Kier alpha value is -0.830. The Kier molecular flexibility index (Phi) is 4.34. The van der Waals surface area contributed by atoms with Gasteiger partial charge in [-0.2, -0.15) is 0 Å². The molecule has 2 nitrogen and oxygen atoms in total. The van der Waals surface area contributed by atoms with Crippen molar-refractivity contribution in [3.8, 4) is 0 Å². The normalized spacial score (nSPS) is 23.1. The summed E-state index contributed by atoms with van der Waals surface area (Å²) in [6, 6.07) is 8.19. The van der Waals surface area contributed by atoms with Crippen LogP contribution in [0.3, 0.4) is 0 Å². The van der Waals surface area contributed by atoms with Crippen LogP contribution >= 0.6 is 15.9 Å². The van der Waals surface area contributed by atoms with Crippen molar-refractivity contribution in [3.63, 3.8) is 0 Å². The summed E-state index contributed by atoms with van der Waals surface area (Å²) in [6.45, 7) is 6.45.